The second-order valence-corrected chi connectivity index (χ2v) is 4.95. The topological polar surface area (TPSA) is 32.3 Å². The zero-order chi connectivity index (χ0) is 13.7. The van der Waals surface area contributed by atoms with Crippen LogP contribution in [0.5, 0.6) is 0 Å². The van der Waals surface area contributed by atoms with Gasteiger partial charge in [0.1, 0.15) is 0 Å². The third kappa shape index (κ3) is 3.42. The number of aryl methyl sites for hydroxylation is 2. The fraction of sp³-hybridized carbons (Fsp3) is 0.500. The summed E-state index contributed by atoms with van der Waals surface area (Å²) in [5.41, 5.74) is 3.20. The molecule has 3 nitrogen and oxygen atoms in total. The molecule has 100 valence electrons. The van der Waals surface area contributed by atoms with E-state index in [1.807, 2.05) is 32.0 Å². The Balaban J connectivity index is 3.10. The number of anilines is 1. The van der Waals surface area contributed by atoms with Crippen LogP contribution in [0, 0.1) is 0 Å². The Morgan fingerprint density at radius 1 is 1.28 bits per heavy atom. The van der Waals surface area contributed by atoms with Gasteiger partial charge in [-0.1, -0.05) is 44.9 Å². The number of hydrogen-bond acceptors (Lipinski definition) is 2. The van der Waals surface area contributed by atoms with Gasteiger partial charge in [-0.05, 0) is 37.8 Å². The van der Waals surface area contributed by atoms with Crippen LogP contribution in [0.2, 0.25) is 0 Å². The molecule has 0 spiro atoms. The van der Waals surface area contributed by atoms with Crippen LogP contribution in [0.1, 0.15) is 38.8 Å². The molecule has 0 aliphatic carbocycles. The SMILES string of the molecule is CCc1cccc(CC)c1N(S)C(=O)NC(C)C. The molecule has 0 aliphatic heterocycles. The minimum absolute atomic E-state index is 0.103. The lowest BCUT2D eigenvalue weighted by Gasteiger charge is -2.23. The highest BCUT2D eigenvalue weighted by Gasteiger charge is 2.18. The summed E-state index contributed by atoms with van der Waals surface area (Å²) in [7, 11) is 0. The van der Waals surface area contributed by atoms with E-state index >= 15 is 0 Å². The van der Waals surface area contributed by atoms with Gasteiger partial charge in [0.15, 0.2) is 0 Å². The maximum Gasteiger partial charge on any atom is 0.332 e. The molecule has 0 aliphatic rings. The lowest BCUT2D eigenvalue weighted by molar-refractivity contribution is 0.247. The maximum atomic E-state index is 12.0. The summed E-state index contributed by atoms with van der Waals surface area (Å²) >= 11 is 4.36. The number of carbonyl (C=O) groups excluding carboxylic acids is 1. The van der Waals surface area contributed by atoms with Gasteiger partial charge in [-0.25, -0.2) is 9.10 Å². The monoisotopic (exact) mass is 266 g/mol. The van der Waals surface area contributed by atoms with Crippen LogP contribution in [0.3, 0.4) is 0 Å². The van der Waals surface area contributed by atoms with Crippen molar-refractivity contribution in [3.05, 3.63) is 29.3 Å². The summed E-state index contributed by atoms with van der Waals surface area (Å²) in [6.45, 7) is 8.04. The Bertz CT molecular complexity index is 396. The predicted molar refractivity (Wildman–Crippen MR) is 80.3 cm³/mol. The first-order chi connectivity index (χ1) is 8.51. The molecule has 0 saturated heterocycles. The van der Waals surface area contributed by atoms with Crippen molar-refractivity contribution in [3.63, 3.8) is 0 Å². The minimum Gasteiger partial charge on any atom is -0.335 e. The quantitative estimate of drug-likeness (QED) is 0.802. The van der Waals surface area contributed by atoms with Gasteiger partial charge < -0.3 is 5.32 Å². The molecule has 0 bridgehead atoms. The lowest BCUT2D eigenvalue weighted by atomic mass is 10.0. The van der Waals surface area contributed by atoms with Crippen LogP contribution in [0.4, 0.5) is 10.5 Å². The first-order valence-corrected chi connectivity index (χ1v) is 6.81. The van der Waals surface area contributed by atoms with E-state index < -0.39 is 0 Å². The van der Waals surface area contributed by atoms with Gasteiger partial charge in [0, 0.05) is 6.04 Å². The molecule has 18 heavy (non-hydrogen) atoms. The van der Waals surface area contributed by atoms with Gasteiger partial charge in [-0.15, -0.1) is 0 Å². The van der Waals surface area contributed by atoms with Gasteiger partial charge in [-0.2, -0.15) is 0 Å². The molecule has 1 aromatic rings. The van der Waals surface area contributed by atoms with Gasteiger partial charge in [0.05, 0.1) is 5.69 Å². The normalized spacial score (nSPS) is 10.6. The second kappa shape index (κ2) is 6.69. The molecule has 2 amide bonds. The van der Waals surface area contributed by atoms with Crippen molar-refractivity contribution in [1.29, 1.82) is 0 Å². The van der Waals surface area contributed by atoms with Crippen LogP contribution in [0.25, 0.3) is 0 Å². The lowest BCUT2D eigenvalue weighted by Crippen LogP contribution is -2.39. The summed E-state index contributed by atoms with van der Waals surface area (Å²) in [4.78, 5) is 12.0. The van der Waals surface area contributed by atoms with E-state index in [0.29, 0.717) is 0 Å². The summed E-state index contributed by atoms with van der Waals surface area (Å²) in [6, 6.07) is 6.04. The molecule has 1 rings (SSSR count). The third-order valence-electron chi connectivity index (χ3n) is 2.78. The van der Waals surface area contributed by atoms with Crippen molar-refractivity contribution in [2.75, 3.05) is 4.31 Å². The smallest absolute Gasteiger partial charge is 0.332 e. The zero-order valence-corrected chi connectivity index (χ0v) is 12.4. The van der Waals surface area contributed by atoms with E-state index in [9.17, 15) is 4.79 Å². The van der Waals surface area contributed by atoms with E-state index in [1.165, 1.54) is 4.31 Å². The molecule has 0 aromatic heterocycles. The van der Waals surface area contributed by atoms with Crippen LogP contribution in [-0.2, 0) is 12.8 Å². The number of thiol groups is 1. The van der Waals surface area contributed by atoms with Crippen LogP contribution >= 0.6 is 12.8 Å². The number of carbonyl (C=O) groups is 1. The van der Waals surface area contributed by atoms with Gasteiger partial charge >= 0.3 is 6.03 Å². The van der Waals surface area contributed by atoms with E-state index in [1.54, 1.807) is 0 Å². The third-order valence-corrected chi connectivity index (χ3v) is 3.16. The summed E-state index contributed by atoms with van der Waals surface area (Å²) in [6.07, 6.45) is 1.77. The number of nitrogens with zero attached hydrogens (tertiary/aromatic N) is 1. The molecule has 4 heteroatoms. The fourth-order valence-electron chi connectivity index (χ4n) is 1.90. The summed E-state index contributed by atoms with van der Waals surface area (Å²) in [5.74, 6) is 0. The van der Waals surface area contributed by atoms with Crippen molar-refractivity contribution < 1.29 is 4.79 Å². The van der Waals surface area contributed by atoms with Crippen LogP contribution in [-0.4, -0.2) is 12.1 Å². The van der Waals surface area contributed by atoms with Crippen LogP contribution < -0.4 is 9.62 Å². The van der Waals surface area contributed by atoms with E-state index in [4.69, 9.17) is 0 Å². The predicted octanol–water partition coefficient (Wildman–Crippen LogP) is 3.58. The number of urea groups is 1. The van der Waals surface area contributed by atoms with Crippen molar-refractivity contribution in [1.82, 2.24) is 5.32 Å². The summed E-state index contributed by atoms with van der Waals surface area (Å²) in [5, 5.41) is 2.85. The Kier molecular flexibility index (Phi) is 5.54. The first-order valence-electron chi connectivity index (χ1n) is 6.41. The Morgan fingerprint density at radius 3 is 2.17 bits per heavy atom. The zero-order valence-electron chi connectivity index (χ0n) is 11.5. The van der Waals surface area contributed by atoms with E-state index in [2.05, 4.69) is 32.0 Å². The largest absolute Gasteiger partial charge is 0.335 e. The molecule has 0 radical (unpaired) electrons. The van der Waals surface area contributed by atoms with E-state index in [-0.39, 0.29) is 12.1 Å². The molecule has 0 heterocycles. The highest BCUT2D eigenvalue weighted by Crippen LogP contribution is 2.28. The number of amides is 2. The molecular weight excluding hydrogens is 244 g/mol. The molecule has 0 saturated carbocycles. The van der Waals surface area contributed by atoms with Crippen molar-refractivity contribution in [2.45, 2.75) is 46.6 Å². The number of nitrogens with one attached hydrogen (secondary N) is 1. The number of benzene rings is 1. The summed E-state index contributed by atoms with van der Waals surface area (Å²) < 4.78 is 1.43. The van der Waals surface area contributed by atoms with Crippen molar-refractivity contribution >= 4 is 24.5 Å². The standard InChI is InChI=1S/C14H22N2OS/c1-5-11-8-7-9-12(6-2)13(11)16(18)14(17)15-10(3)4/h7-10,18H,5-6H2,1-4H3,(H,15,17). The molecule has 0 unspecified atom stereocenters. The maximum absolute atomic E-state index is 12.0. The minimum atomic E-state index is -0.177. The average molecular weight is 266 g/mol. The molecule has 0 atom stereocenters. The Morgan fingerprint density at radius 2 is 1.78 bits per heavy atom. The second-order valence-electron chi connectivity index (χ2n) is 4.55. The molecule has 0 fully saturated rings. The highest BCUT2D eigenvalue weighted by atomic mass is 32.1. The number of rotatable bonds is 4. The van der Waals surface area contributed by atoms with Crippen molar-refractivity contribution in [2.24, 2.45) is 0 Å². The molecule has 1 aromatic carbocycles. The fourth-order valence-corrected chi connectivity index (χ4v) is 2.21. The first kappa shape index (κ1) is 14.9. The number of para-hydroxylation sites is 1. The highest BCUT2D eigenvalue weighted by molar-refractivity contribution is 7.82. The van der Waals surface area contributed by atoms with Gasteiger partial charge in [0.25, 0.3) is 0 Å². The van der Waals surface area contributed by atoms with E-state index in [0.717, 1.165) is 29.7 Å². The Hall–Kier alpha value is -1.16. The Labute approximate surface area is 115 Å². The van der Waals surface area contributed by atoms with Crippen molar-refractivity contribution in [3.8, 4) is 0 Å². The number of hydrogen-bond donors (Lipinski definition) is 2. The molecule has 1 N–H and O–H groups in total. The van der Waals surface area contributed by atoms with Gasteiger partial charge in [-0.3, -0.25) is 0 Å². The van der Waals surface area contributed by atoms with Gasteiger partial charge in [0.2, 0.25) is 0 Å². The average Bonchev–Trinajstić information content (AvgIpc) is 2.35. The molecular formula is C14H22N2OS. The van der Waals surface area contributed by atoms with Crippen LogP contribution in [0.15, 0.2) is 18.2 Å².